The van der Waals surface area contributed by atoms with Crippen LogP contribution in [-0.4, -0.2) is 52.7 Å². The molecule has 1 aromatic rings. The van der Waals surface area contributed by atoms with Crippen LogP contribution in [-0.2, 0) is 20.8 Å². The molecule has 2 amide bonds. The van der Waals surface area contributed by atoms with Crippen molar-refractivity contribution in [2.24, 2.45) is 5.92 Å². The largest absolute Gasteiger partial charge is 0.508 e. The molecule has 0 saturated carbocycles. The lowest BCUT2D eigenvalue weighted by Crippen LogP contribution is -2.57. The lowest BCUT2D eigenvalue weighted by atomic mass is 9.97. The van der Waals surface area contributed by atoms with Crippen molar-refractivity contribution in [3.05, 3.63) is 29.8 Å². The monoisotopic (exact) mass is 405 g/mol. The number of carboxylic acids is 1. The van der Waals surface area contributed by atoms with E-state index in [0.29, 0.717) is 12.8 Å². The van der Waals surface area contributed by atoms with Gasteiger partial charge in [0.25, 0.3) is 0 Å². The molecular weight excluding hydrogens is 374 g/mol. The molecule has 1 saturated heterocycles. The Morgan fingerprint density at radius 3 is 2.41 bits per heavy atom. The molecule has 0 unspecified atom stereocenters. The predicted octanol–water partition coefficient (Wildman–Crippen LogP) is 1.18. The molecule has 5 N–H and O–H groups in total. The highest BCUT2D eigenvalue weighted by Crippen LogP contribution is 2.14. The van der Waals surface area contributed by atoms with Gasteiger partial charge in [0.15, 0.2) is 0 Å². The van der Waals surface area contributed by atoms with Gasteiger partial charge in [-0.2, -0.15) is 0 Å². The number of rotatable bonds is 9. The summed E-state index contributed by atoms with van der Waals surface area (Å²) in [6, 6.07) is 4.06. The first-order valence-corrected chi connectivity index (χ1v) is 10.2. The molecule has 0 bridgehead atoms. The van der Waals surface area contributed by atoms with Gasteiger partial charge in [-0.1, -0.05) is 38.8 Å². The van der Waals surface area contributed by atoms with Crippen molar-refractivity contribution in [3.8, 4) is 5.75 Å². The summed E-state index contributed by atoms with van der Waals surface area (Å²) >= 11 is 0. The summed E-state index contributed by atoms with van der Waals surface area (Å²) in [7, 11) is 0. The van der Waals surface area contributed by atoms with Crippen molar-refractivity contribution in [3.63, 3.8) is 0 Å². The lowest BCUT2D eigenvalue weighted by molar-refractivity contribution is -0.143. The van der Waals surface area contributed by atoms with E-state index < -0.39 is 24.0 Å². The van der Waals surface area contributed by atoms with Crippen LogP contribution in [0.3, 0.4) is 0 Å². The molecule has 1 aliphatic rings. The number of aliphatic carboxylic acids is 1. The fraction of sp³-hybridized carbons (Fsp3) is 0.571. The summed E-state index contributed by atoms with van der Waals surface area (Å²) in [6.45, 7) is 4.37. The van der Waals surface area contributed by atoms with E-state index in [1.807, 2.05) is 6.92 Å². The number of nitrogens with one attached hydrogen (secondary N) is 3. The number of carbonyl (C=O) groups excluding carboxylic acids is 2. The van der Waals surface area contributed by atoms with Crippen molar-refractivity contribution >= 4 is 17.8 Å². The number of phenolic OH excluding ortho intramolecular Hbond substituents is 1. The van der Waals surface area contributed by atoms with Crippen LogP contribution in [0.15, 0.2) is 24.3 Å². The number of benzene rings is 1. The standard InChI is InChI=1S/C21H31N3O5/c1-3-13(2)18(21(28)29)24-20(27)17(12-14-7-9-15(25)10-8-14)23-19(26)16-6-4-5-11-22-16/h7-10,13,16-18,22,25H,3-6,11-12H2,1-2H3,(H,23,26)(H,24,27)(H,28,29)/t13-,16-,17-,18-/m0/s1. The van der Waals surface area contributed by atoms with E-state index in [2.05, 4.69) is 16.0 Å². The maximum absolute atomic E-state index is 12.9. The summed E-state index contributed by atoms with van der Waals surface area (Å²) < 4.78 is 0. The Kier molecular flexibility index (Phi) is 8.45. The normalized spacial score (nSPS) is 19.6. The van der Waals surface area contributed by atoms with Gasteiger partial charge in [0, 0.05) is 6.42 Å². The second-order valence-corrected chi connectivity index (χ2v) is 7.64. The summed E-state index contributed by atoms with van der Waals surface area (Å²) in [6.07, 6.45) is 3.44. The minimum absolute atomic E-state index is 0.105. The van der Waals surface area contributed by atoms with Crippen LogP contribution in [0.1, 0.15) is 45.1 Å². The van der Waals surface area contributed by atoms with Gasteiger partial charge >= 0.3 is 5.97 Å². The number of carbonyl (C=O) groups is 3. The van der Waals surface area contributed by atoms with E-state index in [-0.39, 0.29) is 30.0 Å². The quantitative estimate of drug-likeness (QED) is 0.420. The molecule has 160 valence electrons. The molecule has 0 aromatic heterocycles. The van der Waals surface area contributed by atoms with Crippen LogP contribution < -0.4 is 16.0 Å². The van der Waals surface area contributed by atoms with Crippen molar-refractivity contribution < 1.29 is 24.6 Å². The summed E-state index contributed by atoms with van der Waals surface area (Å²) in [5, 5.41) is 27.4. The fourth-order valence-corrected chi connectivity index (χ4v) is 3.36. The zero-order chi connectivity index (χ0) is 21.4. The smallest absolute Gasteiger partial charge is 0.326 e. The molecule has 8 nitrogen and oxygen atoms in total. The maximum Gasteiger partial charge on any atom is 0.326 e. The van der Waals surface area contributed by atoms with Crippen LogP contribution in [0.2, 0.25) is 0 Å². The third-order valence-electron chi connectivity index (χ3n) is 5.41. The highest BCUT2D eigenvalue weighted by molar-refractivity contribution is 5.92. The highest BCUT2D eigenvalue weighted by Gasteiger charge is 2.31. The molecular formula is C21H31N3O5. The third kappa shape index (κ3) is 6.74. The third-order valence-corrected chi connectivity index (χ3v) is 5.41. The molecule has 0 radical (unpaired) electrons. The van der Waals surface area contributed by atoms with Gasteiger partial charge in [-0.15, -0.1) is 0 Å². The Hall–Kier alpha value is -2.61. The Labute approximate surface area is 171 Å². The second-order valence-electron chi connectivity index (χ2n) is 7.64. The Morgan fingerprint density at radius 1 is 1.17 bits per heavy atom. The van der Waals surface area contributed by atoms with E-state index >= 15 is 0 Å². The van der Waals surface area contributed by atoms with Gasteiger partial charge in [0.05, 0.1) is 6.04 Å². The Balaban J connectivity index is 2.15. The van der Waals surface area contributed by atoms with Gasteiger partial charge in [-0.05, 0) is 43.0 Å². The molecule has 2 rings (SSSR count). The lowest BCUT2D eigenvalue weighted by Gasteiger charge is -2.27. The predicted molar refractivity (Wildman–Crippen MR) is 108 cm³/mol. The number of hydrogen-bond acceptors (Lipinski definition) is 5. The number of hydrogen-bond donors (Lipinski definition) is 5. The summed E-state index contributed by atoms with van der Waals surface area (Å²) in [5.74, 6) is -2.04. The van der Waals surface area contributed by atoms with Crippen LogP contribution in [0.25, 0.3) is 0 Å². The topological polar surface area (TPSA) is 128 Å². The average Bonchev–Trinajstić information content (AvgIpc) is 2.72. The van der Waals surface area contributed by atoms with Crippen molar-refractivity contribution in [1.29, 1.82) is 0 Å². The Morgan fingerprint density at radius 2 is 1.86 bits per heavy atom. The van der Waals surface area contributed by atoms with Gasteiger partial charge in [-0.25, -0.2) is 4.79 Å². The van der Waals surface area contributed by atoms with Crippen molar-refractivity contribution in [2.75, 3.05) is 6.54 Å². The molecule has 1 fully saturated rings. The van der Waals surface area contributed by atoms with Crippen molar-refractivity contribution in [2.45, 2.75) is 64.1 Å². The highest BCUT2D eigenvalue weighted by atomic mass is 16.4. The SMILES string of the molecule is CC[C@H](C)[C@H](NC(=O)[C@H](Cc1ccc(O)cc1)NC(=O)[C@@H]1CCCCN1)C(=O)O. The number of phenols is 1. The zero-order valence-electron chi connectivity index (χ0n) is 17.0. The van der Waals surface area contributed by atoms with Gasteiger partial charge in [0.2, 0.25) is 11.8 Å². The average molecular weight is 405 g/mol. The molecule has 1 aromatic carbocycles. The van der Waals surface area contributed by atoms with E-state index in [0.717, 1.165) is 24.9 Å². The molecule has 29 heavy (non-hydrogen) atoms. The first-order chi connectivity index (χ1) is 13.8. The first kappa shape index (κ1) is 22.7. The first-order valence-electron chi connectivity index (χ1n) is 10.2. The minimum Gasteiger partial charge on any atom is -0.508 e. The molecule has 1 aliphatic heterocycles. The molecule has 8 heteroatoms. The summed E-state index contributed by atoms with van der Waals surface area (Å²) in [5.41, 5.74) is 0.746. The fourth-order valence-electron chi connectivity index (χ4n) is 3.36. The van der Waals surface area contributed by atoms with Crippen LogP contribution in [0.5, 0.6) is 5.75 Å². The number of carboxylic acid groups (broad SMARTS) is 1. The van der Waals surface area contributed by atoms with Gasteiger partial charge in [-0.3, -0.25) is 9.59 Å². The zero-order valence-corrected chi connectivity index (χ0v) is 17.0. The maximum atomic E-state index is 12.9. The number of amides is 2. The molecule has 4 atom stereocenters. The number of piperidine rings is 1. The van der Waals surface area contributed by atoms with Crippen molar-refractivity contribution in [1.82, 2.24) is 16.0 Å². The second kappa shape index (κ2) is 10.8. The minimum atomic E-state index is -1.10. The van der Waals surface area contributed by atoms with E-state index in [4.69, 9.17) is 0 Å². The van der Waals surface area contributed by atoms with E-state index in [1.54, 1.807) is 19.1 Å². The number of aromatic hydroxyl groups is 1. The molecule has 0 aliphatic carbocycles. The van der Waals surface area contributed by atoms with Crippen LogP contribution in [0, 0.1) is 5.92 Å². The molecule has 0 spiro atoms. The molecule has 1 heterocycles. The van der Waals surface area contributed by atoms with Crippen LogP contribution in [0.4, 0.5) is 0 Å². The summed E-state index contributed by atoms with van der Waals surface area (Å²) in [4.78, 5) is 37.1. The Bertz CT molecular complexity index is 701. The van der Waals surface area contributed by atoms with E-state index in [9.17, 15) is 24.6 Å². The van der Waals surface area contributed by atoms with E-state index in [1.165, 1.54) is 12.1 Å². The van der Waals surface area contributed by atoms with Crippen LogP contribution >= 0.6 is 0 Å². The van der Waals surface area contributed by atoms with Gasteiger partial charge < -0.3 is 26.2 Å². The van der Waals surface area contributed by atoms with Gasteiger partial charge in [0.1, 0.15) is 17.8 Å².